The lowest BCUT2D eigenvalue weighted by molar-refractivity contribution is 0.374. The van der Waals surface area contributed by atoms with Crippen LogP contribution in [0.2, 0.25) is 0 Å². The quantitative estimate of drug-likeness (QED) is 0.570. The fourth-order valence-electron chi connectivity index (χ4n) is 3.24. The van der Waals surface area contributed by atoms with Gasteiger partial charge in [-0.3, -0.25) is 0 Å². The summed E-state index contributed by atoms with van der Waals surface area (Å²) in [5.41, 5.74) is 3.44. The zero-order valence-corrected chi connectivity index (χ0v) is 15.0. The molecule has 2 aromatic heterocycles. The van der Waals surface area contributed by atoms with E-state index in [2.05, 4.69) is 69.5 Å². The minimum Gasteiger partial charge on any atom is -0.350 e. The second-order valence-corrected chi connectivity index (χ2v) is 6.52. The number of hydrogen-bond donors (Lipinski definition) is 1. The van der Waals surface area contributed by atoms with E-state index in [0.29, 0.717) is 18.1 Å². The van der Waals surface area contributed by atoms with Crippen molar-refractivity contribution in [2.24, 2.45) is 7.05 Å². The zero-order valence-electron chi connectivity index (χ0n) is 15.0. The molecule has 132 valence electrons. The number of fused-ring (bicyclic) bond motifs is 1. The van der Waals surface area contributed by atoms with Crippen molar-refractivity contribution in [3.05, 3.63) is 72.2 Å². The van der Waals surface area contributed by atoms with E-state index in [-0.39, 0.29) is 6.04 Å². The van der Waals surface area contributed by atoms with Crippen molar-refractivity contribution in [3.63, 3.8) is 0 Å². The van der Waals surface area contributed by atoms with Gasteiger partial charge in [-0.15, -0.1) is 0 Å². The predicted molar refractivity (Wildman–Crippen MR) is 103 cm³/mol. The van der Waals surface area contributed by atoms with Crippen LogP contribution in [0.1, 0.15) is 24.4 Å². The molecule has 2 heterocycles. The average molecular weight is 346 g/mol. The van der Waals surface area contributed by atoms with Gasteiger partial charge in [0.25, 0.3) is 0 Å². The standard InChI is InChI=1S/C21H22N4O/c1-15(16-8-4-3-5-9-16)22-13-12-20-23-21(24-26-20)18-14-25(2)19-11-7-6-10-17(18)19/h3-11,14-15,22H,12-13H2,1-2H3. The van der Waals surface area contributed by atoms with Gasteiger partial charge in [0.1, 0.15) is 0 Å². The molecule has 0 spiro atoms. The molecule has 1 N–H and O–H groups in total. The predicted octanol–water partition coefficient (Wildman–Crippen LogP) is 4.12. The first-order valence-corrected chi connectivity index (χ1v) is 8.88. The Bertz CT molecular complexity index is 1000. The molecule has 5 heteroatoms. The molecule has 0 aliphatic heterocycles. The number of hydrogen-bond acceptors (Lipinski definition) is 4. The van der Waals surface area contributed by atoms with Gasteiger partial charge in [-0.25, -0.2) is 0 Å². The first-order chi connectivity index (χ1) is 12.7. The highest BCUT2D eigenvalue weighted by Crippen LogP contribution is 2.28. The number of aryl methyl sites for hydroxylation is 1. The maximum atomic E-state index is 5.45. The van der Waals surface area contributed by atoms with Gasteiger partial charge in [-0.1, -0.05) is 53.7 Å². The smallest absolute Gasteiger partial charge is 0.228 e. The molecular formula is C21H22N4O. The van der Waals surface area contributed by atoms with E-state index >= 15 is 0 Å². The summed E-state index contributed by atoms with van der Waals surface area (Å²) in [5, 5.41) is 8.81. The molecule has 1 atom stereocenters. The van der Waals surface area contributed by atoms with Gasteiger partial charge in [0.15, 0.2) is 0 Å². The van der Waals surface area contributed by atoms with E-state index in [4.69, 9.17) is 4.52 Å². The van der Waals surface area contributed by atoms with Crippen molar-refractivity contribution >= 4 is 10.9 Å². The normalized spacial score (nSPS) is 12.5. The fraction of sp³-hybridized carbons (Fsp3) is 0.238. The van der Waals surface area contributed by atoms with E-state index in [1.54, 1.807) is 0 Å². The van der Waals surface area contributed by atoms with Crippen LogP contribution in [-0.4, -0.2) is 21.3 Å². The van der Waals surface area contributed by atoms with Crippen LogP contribution in [0, 0.1) is 0 Å². The highest BCUT2D eigenvalue weighted by Gasteiger charge is 2.14. The first kappa shape index (κ1) is 16.5. The Morgan fingerprint density at radius 1 is 1.08 bits per heavy atom. The Morgan fingerprint density at radius 2 is 1.85 bits per heavy atom. The minimum atomic E-state index is 0.289. The molecule has 0 saturated carbocycles. The Morgan fingerprint density at radius 3 is 2.69 bits per heavy atom. The number of nitrogens with one attached hydrogen (secondary N) is 1. The van der Waals surface area contributed by atoms with Crippen molar-refractivity contribution in [1.29, 1.82) is 0 Å². The zero-order chi connectivity index (χ0) is 17.9. The van der Waals surface area contributed by atoms with Gasteiger partial charge in [-0.05, 0) is 18.6 Å². The van der Waals surface area contributed by atoms with Crippen molar-refractivity contribution < 1.29 is 4.52 Å². The highest BCUT2D eigenvalue weighted by atomic mass is 16.5. The van der Waals surface area contributed by atoms with Crippen molar-refractivity contribution in [2.45, 2.75) is 19.4 Å². The Labute approximate surface area is 152 Å². The van der Waals surface area contributed by atoms with Gasteiger partial charge in [-0.2, -0.15) is 4.98 Å². The molecule has 4 aromatic rings. The topological polar surface area (TPSA) is 55.9 Å². The third kappa shape index (κ3) is 3.26. The number of aromatic nitrogens is 3. The summed E-state index contributed by atoms with van der Waals surface area (Å²) in [6, 6.07) is 18.9. The fourth-order valence-corrected chi connectivity index (χ4v) is 3.24. The molecule has 0 aliphatic carbocycles. The van der Waals surface area contributed by atoms with Crippen LogP contribution in [0.4, 0.5) is 0 Å². The van der Waals surface area contributed by atoms with Crippen molar-refractivity contribution in [3.8, 4) is 11.4 Å². The largest absolute Gasteiger partial charge is 0.350 e. The molecule has 5 nitrogen and oxygen atoms in total. The molecule has 0 amide bonds. The average Bonchev–Trinajstić information content (AvgIpc) is 3.27. The maximum Gasteiger partial charge on any atom is 0.228 e. The summed E-state index contributed by atoms with van der Waals surface area (Å²) in [7, 11) is 2.03. The molecule has 2 aromatic carbocycles. The lowest BCUT2D eigenvalue weighted by Gasteiger charge is -2.12. The molecule has 0 bridgehead atoms. The number of rotatable bonds is 6. The third-order valence-electron chi connectivity index (χ3n) is 4.69. The van der Waals surface area contributed by atoms with Gasteiger partial charge in [0, 0.05) is 48.7 Å². The van der Waals surface area contributed by atoms with Gasteiger partial charge < -0.3 is 14.4 Å². The molecular weight excluding hydrogens is 324 g/mol. The molecule has 0 fully saturated rings. The van der Waals surface area contributed by atoms with E-state index in [1.165, 1.54) is 5.56 Å². The summed E-state index contributed by atoms with van der Waals surface area (Å²) >= 11 is 0. The van der Waals surface area contributed by atoms with E-state index < -0.39 is 0 Å². The summed E-state index contributed by atoms with van der Waals surface area (Å²) < 4.78 is 7.54. The summed E-state index contributed by atoms with van der Waals surface area (Å²) in [6.07, 6.45) is 2.75. The lowest BCUT2D eigenvalue weighted by atomic mass is 10.1. The van der Waals surface area contributed by atoms with Crippen LogP contribution in [-0.2, 0) is 13.5 Å². The second kappa shape index (κ2) is 7.14. The van der Waals surface area contributed by atoms with E-state index in [1.807, 2.05) is 25.2 Å². The van der Waals surface area contributed by atoms with Crippen LogP contribution >= 0.6 is 0 Å². The third-order valence-corrected chi connectivity index (χ3v) is 4.69. The van der Waals surface area contributed by atoms with Crippen LogP contribution < -0.4 is 5.32 Å². The second-order valence-electron chi connectivity index (χ2n) is 6.52. The number of benzene rings is 2. The number of para-hydroxylation sites is 1. The van der Waals surface area contributed by atoms with E-state index in [9.17, 15) is 0 Å². The summed E-state index contributed by atoms with van der Waals surface area (Å²) in [5.74, 6) is 1.30. The highest BCUT2D eigenvalue weighted by molar-refractivity contribution is 5.94. The van der Waals surface area contributed by atoms with E-state index in [0.717, 1.165) is 23.0 Å². The molecule has 26 heavy (non-hydrogen) atoms. The SMILES string of the molecule is CC(NCCc1nc(-c2cn(C)c3ccccc23)no1)c1ccccc1. The molecule has 0 aliphatic rings. The maximum absolute atomic E-state index is 5.45. The lowest BCUT2D eigenvalue weighted by Crippen LogP contribution is -2.21. The van der Waals surface area contributed by atoms with Crippen molar-refractivity contribution in [1.82, 2.24) is 20.0 Å². The van der Waals surface area contributed by atoms with Gasteiger partial charge in [0.2, 0.25) is 11.7 Å². The van der Waals surface area contributed by atoms with Crippen LogP contribution in [0.3, 0.4) is 0 Å². The Balaban J connectivity index is 1.43. The minimum absolute atomic E-state index is 0.289. The van der Waals surface area contributed by atoms with Crippen LogP contribution in [0.5, 0.6) is 0 Å². The number of nitrogens with zero attached hydrogens (tertiary/aromatic N) is 3. The molecule has 0 radical (unpaired) electrons. The summed E-state index contributed by atoms with van der Waals surface area (Å²) in [4.78, 5) is 4.58. The van der Waals surface area contributed by atoms with Crippen LogP contribution in [0.25, 0.3) is 22.3 Å². The Kier molecular flexibility index (Phi) is 4.54. The van der Waals surface area contributed by atoms with Crippen LogP contribution in [0.15, 0.2) is 65.3 Å². The molecule has 1 unspecified atom stereocenters. The van der Waals surface area contributed by atoms with Crippen molar-refractivity contribution in [2.75, 3.05) is 6.54 Å². The molecule has 4 rings (SSSR count). The van der Waals surface area contributed by atoms with Gasteiger partial charge in [0.05, 0.1) is 0 Å². The molecule has 0 saturated heterocycles. The van der Waals surface area contributed by atoms with Gasteiger partial charge >= 0.3 is 0 Å². The summed E-state index contributed by atoms with van der Waals surface area (Å²) in [6.45, 7) is 2.94. The monoisotopic (exact) mass is 346 g/mol. The Hall–Kier alpha value is -2.92. The first-order valence-electron chi connectivity index (χ1n) is 8.88.